The molecule has 18 heavy (non-hydrogen) atoms. The normalized spacial score (nSPS) is 30.8. The number of hydrogen-bond donors (Lipinski definition) is 1. The number of hydrogen-bond acceptors (Lipinski definition) is 2. The fraction of sp³-hybridized carbons (Fsp3) is 0.938. The highest BCUT2D eigenvalue weighted by molar-refractivity contribution is 4.98. The molecule has 0 aromatic rings. The first-order chi connectivity index (χ1) is 8.50. The summed E-state index contributed by atoms with van der Waals surface area (Å²) >= 11 is 0. The largest absolute Gasteiger partial charge is 0.301 e. The molecule has 2 heteroatoms. The van der Waals surface area contributed by atoms with E-state index in [1.54, 1.807) is 0 Å². The van der Waals surface area contributed by atoms with Crippen molar-refractivity contribution < 1.29 is 0 Å². The van der Waals surface area contributed by atoms with Crippen molar-refractivity contribution >= 4 is 0 Å². The fourth-order valence-corrected chi connectivity index (χ4v) is 3.25. The SMILES string of the molecule is CC(C)(C)C1CCC(C(C#N)NCC2CC2)CC1. The highest BCUT2D eigenvalue weighted by Gasteiger charge is 2.33. The minimum Gasteiger partial charge on any atom is -0.301 e. The van der Waals surface area contributed by atoms with Crippen LogP contribution in [0, 0.1) is 34.5 Å². The Hall–Kier alpha value is -0.550. The zero-order valence-corrected chi connectivity index (χ0v) is 12.2. The van der Waals surface area contributed by atoms with Crippen molar-refractivity contribution in [3.05, 3.63) is 0 Å². The fourth-order valence-electron chi connectivity index (χ4n) is 3.25. The lowest BCUT2D eigenvalue weighted by atomic mass is 9.68. The molecule has 0 aliphatic heterocycles. The van der Waals surface area contributed by atoms with Gasteiger partial charge in [-0.15, -0.1) is 0 Å². The second-order valence-corrected chi connectivity index (χ2v) is 7.44. The molecule has 1 atom stereocenters. The zero-order chi connectivity index (χ0) is 13.2. The van der Waals surface area contributed by atoms with Crippen LogP contribution in [0.3, 0.4) is 0 Å². The topological polar surface area (TPSA) is 35.8 Å². The van der Waals surface area contributed by atoms with Gasteiger partial charge in [0.05, 0.1) is 12.1 Å². The first kappa shape index (κ1) is 13.9. The number of nitriles is 1. The lowest BCUT2D eigenvalue weighted by Gasteiger charge is -2.38. The molecule has 0 saturated heterocycles. The first-order valence-electron chi connectivity index (χ1n) is 7.63. The van der Waals surface area contributed by atoms with Crippen LogP contribution in [0.5, 0.6) is 0 Å². The van der Waals surface area contributed by atoms with Gasteiger partial charge in [-0.2, -0.15) is 5.26 Å². The van der Waals surface area contributed by atoms with Crippen molar-refractivity contribution in [2.75, 3.05) is 6.54 Å². The van der Waals surface area contributed by atoms with E-state index in [1.807, 2.05) is 0 Å². The van der Waals surface area contributed by atoms with E-state index < -0.39 is 0 Å². The Morgan fingerprint density at radius 2 is 1.72 bits per heavy atom. The minimum atomic E-state index is 0.103. The average Bonchev–Trinajstić information content (AvgIpc) is 3.13. The Balaban J connectivity index is 1.78. The van der Waals surface area contributed by atoms with E-state index in [1.165, 1.54) is 38.5 Å². The molecule has 1 N–H and O–H groups in total. The van der Waals surface area contributed by atoms with Gasteiger partial charge < -0.3 is 5.32 Å². The molecular formula is C16H28N2. The van der Waals surface area contributed by atoms with E-state index in [2.05, 4.69) is 32.2 Å². The number of nitrogens with zero attached hydrogens (tertiary/aromatic N) is 1. The summed E-state index contributed by atoms with van der Waals surface area (Å²) in [4.78, 5) is 0. The van der Waals surface area contributed by atoms with Crippen LogP contribution in [0.15, 0.2) is 0 Å². The summed E-state index contributed by atoms with van der Waals surface area (Å²) < 4.78 is 0. The molecule has 102 valence electrons. The molecule has 2 saturated carbocycles. The summed E-state index contributed by atoms with van der Waals surface area (Å²) in [5.41, 5.74) is 0.439. The van der Waals surface area contributed by atoms with Crippen LogP contribution in [-0.2, 0) is 0 Å². The second-order valence-electron chi connectivity index (χ2n) is 7.44. The summed E-state index contributed by atoms with van der Waals surface area (Å²) in [7, 11) is 0. The monoisotopic (exact) mass is 248 g/mol. The minimum absolute atomic E-state index is 0.103. The predicted molar refractivity (Wildman–Crippen MR) is 75.0 cm³/mol. The van der Waals surface area contributed by atoms with E-state index in [0.29, 0.717) is 11.3 Å². The Labute approximate surface area is 112 Å². The Morgan fingerprint density at radius 3 is 2.17 bits per heavy atom. The van der Waals surface area contributed by atoms with Gasteiger partial charge in [0, 0.05) is 0 Å². The van der Waals surface area contributed by atoms with E-state index in [-0.39, 0.29) is 6.04 Å². The molecule has 0 heterocycles. The Morgan fingerprint density at radius 1 is 1.11 bits per heavy atom. The van der Waals surface area contributed by atoms with Gasteiger partial charge in [-0.25, -0.2) is 0 Å². The van der Waals surface area contributed by atoms with Crippen LogP contribution in [0.25, 0.3) is 0 Å². The highest BCUT2D eigenvalue weighted by Crippen LogP contribution is 2.40. The third-order valence-electron chi connectivity index (χ3n) is 4.93. The van der Waals surface area contributed by atoms with Gasteiger partial charge in [0.1, 0.15) is 0 Å². The van der Waals surface area contributed by atoms with Gasteiger partial charge in [0.25, 0.3) is 0 Å². The molecule has 2 rings (SSSR count). The second kappa shape index (κ2) is 5.61. The van der Waals surface area contributed by atoms with E-state index in [0.717, 1.165) is 18.4 Å². The van der Waals surface area contributed by atoms with Gasteiger partial charge in [0.15, 0.2) is 0 Å². The van der Waals surface area contributed by atoms with Crippen LogP contribution < -0.4 is 5.32 Å². The van der Waals surface area contributed by atoms with Gasteiger partial charge in [-0.1, -0.05) is 20.8 Å². The third kappa shape index (κ3) is 3.72. The van der Waals surface area contributed by atoms with Crippen LogP contribution in [-0.4, -0.2) is 12.6 Å². The van der Waals surface area contributed by atoms with E-state index >= 15 is 0 Å². The molecule has 2 nitrogen and oxygen atoms in total. The molecule has 2 aliphatic rings. The van der Waals surface area contributed by atoms with Crippen LogP contribution >= 0.6 is 0 Å². The smallest absolute Gasteiger partial charge is 0.0981 e. The summed E-state index contributed by atoms with van der Waals surface area (Å²) in [6, 6.07) is 2.60. The van der Waals surface area contributed by atoms with Crippen molar-refractivity contribution in [2.45, 2.75) is 65.3 Å². The molecular weight excluding hydrogens is 220 g/mol. The van der Waals surface area contributed by atoms with Crippen molar-refractivity contribution in [1.82, 2.24) is 5.32 Å². The van der Waals surface area contributed by atoms with Crippen molar-refractivity contribution in [2.24, 2.45) is 23.2 Å². The predicted octanol–water partition coefficient (Wildman–Crippen LogP) is 3.73. The average molecular weight is 248 g/mol. The molecule has 0 aromatic heterocycles. The molecule has 0 aromatic carbocycles. The molecule has 2 aliphatic carbocycles. The summed E-state index contributed by atoms with van der Waals surface area (Å²) in [5, 5.41) is 12.8. The third-order valence-corrected chi connectivity index (χ3v) is 4.93. The van der Waals surface area contributed by atoms with E-state index in [4.69, 9.17) is 0 Å². The van der Waals surface area contributed by atoms with Gasteiger partial charge >= 0.3 is 0 Å². The molecule has 0 amide bonds. The molecule has 0 spiro atoms. The summed E-state index contributed by atoms with van der Waals surface area (Å²) in [6.07, 6.45) is 7.80. The Bertz CT molecular complexity index is 298. The zero-order valence-electron chi connectivity index (χ0n) is 12.2. The Kier molecular flexibility index (Phi) is 4.33. The maximum Gasteiger partial charge on any atom is 0.0981 e. The lowest BCUT2D eigenvalue weighted by molar-refractivity contribution is 0.141. The molecule has 1 unspecified atom stereocenters. The molecule has 0 radical (unpaired) electrons. The first-order valence-corrected chi connectivity index (χ1v) is 7.63. The lowest BCUT2D eigenvalue weighted by Crippen LogP contribution is -2.39. The standard InChI is InChI=1S/C16H28N2/c1-16(2,3)14-8-6-13(7-9-14)15(10-17)18-11-12-4-5-12/h12-15,18H,4-9,11H2,1-3H3. The van der Waals surface area contributed by atoms with Gasteiger partial charge in [0.2, 0.25) is 0 Å². The van der Waals surface area contributed by atoms with Crippen molar-refractivity contribution in [3.8, 4) is 6.07 Å². The summed E-state index contributed by atoms with van der Waals surface area (Å²) in [6.45, 7) is 8.12. The van der Waals surface area contributed by atoms with Crippen LogP contribution in [0.4, 0.5) is 0 Å². The van der Waals surface area contributed by atoms with Crippen molar-refractivity contribution in [1.29, 1.82) is 5.26 Å². The van der Waals surface area contributed by atoms with Gasteiger partial charge in [-0.05, 0) is 68.2 Å². The quantitative estimate of drug-likeness (QED) is 0.823. The van der Waals surface area contributed by atoms with Gasteiger partial charge in [-0.3, -0.25) is 0 Å². The van der Waals surface area contributed by atoms with Crippen LogP contribution in [0.2, 0.25) is 0 Å². The molecule has 2 fully saturated rings. The number of nitrogens with one attached hydrogen (secondary N) is 1. The maximum absolute atomic E-state index is 9.32. The maximum atomic E-state index is 9.32. The van der Waals surface area contributed by atoms with Crippen molar-refractivity contribution in [3.63, 3.8) is 0 Å². The summed E-state index contributed by atoms with van der Waals surface area (Å²) in [5.74, 6) is 2.30. The van der Waals surface area contributed by atoms with Crippen LogP contribution in [0.1, 0.15) is 59.3 Å². The molecule has 0 bridgehead atoms. The number of rotatable bonds is 4. The van der Waals surface area contributed by atoms with E-state index in [9.17, 15) is 5.26 Å². The highest BCUT2D eigenvalue weighted by atomic mass is 14.9.